The lowest BCUT2D eigenvalue weighted by atomic mass is 10.2. The van der Waals surface area contributed by atoms with Crippen LogP contribution in [0.25, 0.3) is 0 Å². The van der Waals surface area contributed by atoms with Crippen LogP contribution in [0.4, 0.5) is 0 Å². The predicted octanol–water partition coefficient (Wildman–Crippen LogP) is 0.711. The van der Waals surface area contributed by atoms with Gasteiger partial charge in [-0.05, 0) is 12.0 Å². The Kier molecular flexibility index (Phi) is 7.84. The van der Waals surface area contributed by atoms with Crippen LogP contribution in [0.15, 0.2) is 30.3 Å². The number of nitrogens with zero attached hydrogens (tertiary/aromatic N) is 1. The van der Waals surface area contributed by atoms with Gasteiger partial charge in [0.25, 0.3) is 0 Å². The first-order valence-electron chi connectivity index (χ1n) is 8.46. The molecule has 0 saturated carbocycles. The summed E-state index contributed by atoms with van der Waals surface area (Å²) in [6.45, 7) is 1.91. The van der Waals surface area contributed by atoms with Crippen LogP contribution in [0.5, 0.6) is 0 Å². The molecule has 2 N–H and O–H groups in total. The van der Waals surface area contributed by atoms with Crippen LogP contribution in [-0.4, -0.2) is 62.3 Å². The minimum atomic E-state index is -0.611. The van der Waals surface area contributed by atoms with Crippen molar-refractivity contribution in [3.63, 3.8) is 0 Å². The number of carbonyl (C=O) groups is 2. The Balaban J connectivity index is 1.67. The molecule has 0 bridgehead atoms. The summed E-state index contributed by atoms with van der Waals surface area (Å²) < 4.78 is 16.1. The van der Waals surface area contributed by atoms with E-state index in [4.69, 9.17) is 19.9 Å². The van der Waals surface area contributed by atoms with E-state index in [1.807, 2.05) is 30.3 Å². The molecular weight excluding hydrogens is 324 g/mol. The third kappa shape index (κ3) is 5.81. The molecule has 1 amide bonds. The van der Waals surface area contributed by atoms with Crippen molar-refractivity contribution >= 4 is 11.9 Å². The predicted molar refractivity (Wildman–Crippen MR) is 91.6 cm³/mol. The summed E-state index contributed by atoms with van der Waals surface area (Å²) >= 11 is 0. The highest BCUT2D eigenvalue weighted by atomic mass is 16.5. The highest BCUT2D eigenvalue weighted by Gasteiger charge is 2.40. The zero-order valence-corrected chi connectivity index (χ0v) is 14.6. The zero-order chi connectivity index (χ0) is 18.1. The summed E-state index contributed by atoms with van der Waals surface area (Å²) in [5.41, 5.74) is 6.54. The molecule has 7 heteroatoms. The maximum atomic E-state index is 11.9. The van der Waals surface area contributed by atoms with E-state index in [1.165, 1.54) is 12.0 Å². The van der Waals surface area contributed by atoms with Crippen molar-refractivity contribution in [2.75, 3.05) is 33.4 Å². The first-order chi connectivity index (χ1) is 12.2. The first kappa shape index (κ1) is 19.4. The molecule has 2 rings (SSSR count). The molecule has 1 saturated heterocycles. The van der Waals surface area contributed by atoms with Gasteiger partial charge in [0.2, 0.25) is 5.91 Å². The Morgan fingerprint density at radius 1 is 1.24 bits per heavy atom. The molecule has 1 aromatic rings. The minimum absolute atomic E-state index is 0.131. The monoisotopic (exact) mass is 350 g/mol. The fourth-order valence-corrected chi connectivity index (χ4v) is 2.85. The number of likely N-dealkylation sites (tertiary alicyclic amines) is 1. The van der Waals surface area contributed by atoms with Gasteiger partial charge in [0, 0.05) is 26.2 Å². The van der Waals surface area contributed by atoms with Gasteiger partial charge in [0.15, 0.2) is 0 Å². The lowest BCUT2D eigenvalue weighted by Gasteiger charge is -2.21. The van der Waals surface area contributed by atoms with E-state index in [-0.39, 0.29) is 18.6 Å². The number of hydrogen-bond acceptors (Lipinski definition) is 6. The van der Waals surface area contributed by atoms with Crippen molar-refractivity contribution in [1.29, 1.82) is 0 Å². The SMILES string of the molecule is COC(=O)C1CC(OCCCOCc2ccccc2)CN1C(=O)CN. The number of ether oxygens (including phenoxy) is 3. The summed E-state index contributed by atoms with van der Waals surface area (Å²) in [4.78, 5) is 25.1. The molecule has 0 radical (unpaired) electrons. The summed E-state index contributed by atoms with van der Waals surface area (Å²) in [6.07, 6.45) is 0.995. The number of nitrogens with two attached hydrogens (primary N) is 1. The number of esters is 1. The van der Waals surface area contributed by atoms with Gasteiger partial charge in [-0.25, -0.2) is 4.79 Å². The molecule has 25 heavy (non-hydrogen) atoms. The maximum Gasteiger partial charge on any atom is 0.328 e. The van der Waals surface area contributed by atoms with E-state index in [9.17, 15) is 9.59 Å². The van der Waals surface area contributed by atoms with E-state index in [2.05, 4.69) is 0 Å². The Hall–Kier alpha value is -1.96. The highest BCUT2D eigenvalue weighted by molar-refractivity contribution is 5.86. The van der Waals surface area contributed by atoms with Gasteiger partial charge in [-0.2, -0.15) is 0 Å². The van der Waals surface area contributed by atoms with Gasteiger partial charge >= 0.3 is 5.97 Å². The molecule has 2 unspecified atom stereocenters. The number of methoxy groups -OCH3 is 1. The number of benzene rings is 1. The molecule has 7 nitrogen and oxygen atoms in total. The molecule has 0 aromatic heterocycles. The second-order valence-electron chi connectivity index (χ2n) is 5.91. The van der Waals surface area contributed by atoms with Gasteiger partial charge in [0.05, 0.1) is 26.4 Å². The van der Waals surface area contributed by atoms with Crippen molar-refractivity contribution in [2.45, 2.75) is 31.6 Å². The summed E-state index contributed by atoms with van der Waals surface area (Å²) in [6, 6.07) is 9.36. The van der Waals surface area contributed by atoms with Gasteiger partial charge in [-0.3, -0.25) is 4.79 Å². The highest BCUT2D eigenvalue weighted by Crippen LogP contribution is 2.21. The smallest absolute Gasteiger partial charge is 0.328 e. The molecule has 1 aliphatic heterocycles. The van der Waals surface area contributed by atoms with Gasteiger partial charge in [0.1, 0.15) is 6.04 Å². The number of carbonyl (C=O) groups excluding carboxylic acids is 2. The van der Waals surface area contributed by atoms with E-state index in [0.29, 0.717) is 32.8 Å². The quantitative estimate of drug-likeness (QED) is 0.521. The number of amides is 1. The van der Waals surface area contributed by atoms with Crippen molar-refractivity contribution in [3.8, 4) is 0 Å². The van der Waals surface area contributed by atoms with Crippen LogP contribution < -0.4 is 5.73 Å². The topological polar surface area (TPSA) is 91.1 Å². The first-order valence-corrected chi connectivity index (χ1v) is 8.46. The standard InChI is InChI=1S/C18H26N2O5/c1-23-18(22)16-10-15(12-20(16)17(21)11-19)25-9-5-8-24-13-14-6-3-2-4-7-14/h2-4,6-7,15-16H,5,8-13,19H2,1H3. The van der Waals surface area contributed by atoms with Crippen LogP contribution in [-0.2, 0) is 30.4 Å². The molecule has 0 spiro atoms. The number of rotatable bonds is 9. The van der Waals surface area contributed by atoms with Crippen molar-refractivity contribution < 1.29 is 23.8 Å². The number of hydrogen-bond donors (Lipinski definition) is 1. The van der Waals surface area contributed by atoms with E-state index in [0.717, 1.165) is 12.0 Å². The lowest BCUT2D eigenvalue weighted by molar-refractivity contribution is -0.150. The van der Waals surface area contributed by atoms with E-state index >= 15 is 0 Å². The molecule has 1 aromatic carbocycles. The third-order valence-corrected chi connectivity index (χ3v) is 4.13. The Bertz CT molecular complexity index is 528. The Morgan fingerprint density at radius 2 is 2.00 bits per heavy atom. The summed E-state index contributed by atoms with van der Waals surface area (Å²) in [7, 11) is 1.31. The zero-order valence-electron chi connectivity index (χ0n) is 14.6. The van der Waals surface area contributed by atoms with Crippen molar-refractivity contribution in [1.82, 2.24) is 4.90 Å². The molecule has 1 fully saturated rings. The average molecular weight is 350 g/mol. The third-order valence-electron chi connectivity index (χ3n) is 4.13. The molecule has 0 aliphatic carbocycles. The second kappa shape index (κ2) is 10.1. The molecular formula is C18H26N2O5. The normalized spacial score (nSPS) is 19.8. The van der Waals surface area contributed by atoms with Crippen LogP contribution in [0.1, 0.15) is 18.4 Å². The molecule has 1 aliphatic rings. The molecule has 138 valence electrons. The lowest BCUT2D eigenvalue weighted by Crippen LogP contribution is -2.44. The van der Waals surface area contributed by atoms with Crippen molar-refractivity contribution in [2.24, 2.45) is 5.73 Å². The molecule has 1 heterocycles. The maximum absolute atomic E-state index is 11.9. The van der Waals surface area contributed by atoms with E-state index < -0.39 is 12.0 Å². The van der Waals surface area contributed by atoms with Crippen LogP contribution >= 0.6 is 0 Å². The van der Waals surface area contributed by atoms with Crippen molar-refractivity contribution in [3.05, 3.63) is 35.9 Å². The van der Waals surface area contributed by atoms with Gasteiger partial charge in [-0.15, -0.1) is 0 Å². The van der Waals surface area contributed by atoms with Gasteiger partial charge in [-0.1, -0.05) is 30.3 Å². The van der Waals surface area contributed by atoms with E-state index in [1.54, 1.807) is 0 Å². The fraction of sp³-hybridized carbons (Fsp3) is 0.556. The minimum Gasteiger partial charge on any atom is -0.467 e. The Labute approximate surface area is 148 Å². The Morgan fingerprint density at radius 3 is 2.68 bits per heavy atom. The largest absolute Gasteiger partial charge is 0.467 e. The van der Waals surface area contributed by atoms with Gasteiger partial charge < -0.3 is 24.8 Å². The average Bonchev–Trinajstić information content (AvgIpc) is 3.08. The van der Waals surface area contributed by atoms with Crippen LogP contribution in [0.2, 0.25) is 0 Å². The summed E-state index contributed by atoms with van der Waals surface area (Å²) in [5, 5.41) is 0. The fourth-order valence-electron chi connectivity index (χ4n) is 2.85. The van der Waals surface area contributed by atoms with Crippen LogP contribution in [0, 0.1) is 0 Å². The second-order valence-corrected chi connectivity index (χ2v) is 5.91. The van der Waals surface area contributed by atoms with Crippen LogP contribution in [0.3, 0.4) is 0 Å². The molecule has 2 atom stereocenters. The summed E-state index contributed by atoms with van der Waals surface area (Å²) in [5.74, 6) is -0.702.